The van der Waals surface area contributed by atoms with Crippen molar-refractivity contribution in [2.45, 2.75) is 38.0 Å². The number of benzene rings is 1. The second kappa shape index (κ2) is 7.94. The molecule has 0 spiro atoms. The van der Waals surface area contributed by atoms with Crippen molar-refractivity contribution in [3.05, 3.63) is 53.2 Å². The van der Waals surface area contributed by atoms with Crippen molar-refractivity contribution in [2.24, 2.45) is 5.92 Å². The molecule has 2 radical (unpaired) electrons. The van der Waals surface area contributed by atoms with Crippen LogP contribution in [-0.4, -0.2) is 67.5 Å². The molecule has 1 N–H and O–H groups in total. The molecule has 4 aliphatic rings. The fourth-order valence-electron chi connectivity index (χ4n) is 6.84. The van der Waals surface area contributed by atoms with Gasteiger partial charge in [-0.3, -0.25) is 9.88 Å². The number of fused-ring (bicyclic) bond motifs is 5. The lowest BCUT2D eigenvalue weighted by Crippen LogP contribution is -2.51. The Labute approximate surface area is 207 Å². The number of anilines is 2. The van der Waals surface area contributed by atoms with Gasteiger partial charge in [0.15, 0.2) is 0 Å². The first-order chi connectivity index (χ1) is 17.1. The van der Waals surface area contributed by atoms with E-state index in [9.17, 15) is 5.26 Å². The standard InChI is InChI=1S/C27H28BN7/c1-16-13-33(22-5-2-17(10-29)27-20(22)3-6-25(28)32-27)15-24-19-4-7-26(31-21(19)14-35(16)24)34-9-8-18-11-30-12-23(18)34/h2-7,16,18,23-24,30H,8-9,11-15H2,1H3/t16-,18+,23-,24-/m1/s1. The van der Waals surface area contributed by atoms with Gasteiger partial charge in [-0.05, 0) is 54.7 Å². The van der Waals surface area contributed by atoms with E-state index in [1.165, 1.54) is 17.7 Å². The maximum atomic E-state index is 9.59. The summed E-state index contributed by atoms with van der Waals surface area (Å²) in [6.45, 7) is 8.36. The lowest BCUT2D eigenvalue weighted by Gasteiger charge is -2.43. The molecule has 8 heteroatoms. The van der Waals surface area contributed by atoms with Gasteiger partial charge in [-0.15, -0.1) is 0 Å². The molecule has 7 nitrogen and oxygen atoms in total. The minimum Gasteiger partial charge on any atom is -0.368 e. The number of nitrogens with one attached hydrogen (secondary N) is 1. The molecule has 6 heterocycles. The van der Waals surface area contributed by atoms with Crippen LogP contribution in [0.15, 0.2) is 36.4 Å². The van der Waals surface area contributed by atoms with E-state index < -0.39 is 0 Å². The Balaban J connectivity index is 1.21. The van der Waals surface area contributed by atoms with Gasteiger partial charge in [0.2, 0.25) is 0 Å². The maximum absolute atomic E-state index is 9.59. The number of piperazine rings is 1. The average Bonchev–Trinajstić information content (AvgIpc) is 3.57. The van der Waals surface area contributed by atoms with Crippen molar-refractivity contribution in [2.75, 3.05) is 42.5 Å². The summed E-state index contributed by atoms with van der Waals surface area (Å²) in [6, 6.07) is 15.9. The molecule has 174 valence electrons. The second-order valence-corrected chi connectivity index (χ2v) is 10.5. The SMILES string of the molecule is [B]c1ccc2c(N3C[C@@H](C)N4Cc5nc(N6CC[C@H]7CNC[C@H]76)ccc5[C@H]4C3)ccc(C#N)c2n1. The van der Waals surface area contributed by atoms with Gasteiger partial charge in [0.1, 0.15) is 19.7 Å². The van der Waals surface area contributed by atoms with Crippen molar-refractivity contribution < 1.29 is 0 Å². The summed E-state index contributed by atoms with van der Waals surface area (Å²) in [4.78, 5) is 17.3. The first-order valence-corrected chi connectivity index (χ1v) is 12.7. The fraction of sp³-hybridized carbons (Fsp3) is 0.444. The molecule has 4 aliphatic heterocycles. The fourth-order valence-corrected chi connectivity index (χ4v) is 6.84. The Bertz CT molecular complexity index is 1370. The first-order valence-electron chi connectivity index (χ1n) is 12.7. The third kappa shape index (κ3) is 3.25. The maximum Gasteiger partial charge on any atom is 0.141 e. The number of hydrogen-bond donors (Lipinski definition) is 1. The smallest absolute Gasteiger partial charge is 0.141 e. The van der Waals surface area contributed by atoms with Crippen LogP contribution in [0.25, 0.3) is 10.9 Å². The van der Waals surface area contributed by atoms with E-state index in [0.717, 1.165) is 62.1 Å². The van der Waals surface area contributed by atoms with Gasteiger partial charge >= 0.3 is 0 Å². The molecule has 0 amide bonds. The van der Waals surface area contributed by atoms with Gasteiger partial charge in [-0.2, -0.15) is 5.26 Å². The predicted molar refractivity (Wildman–Crippen MR) is 138 cm³/mol. The molecule has 0 saturated carbocycles. The number of aromatic nitrogens is 2. The molecule has 3 aromatic rings. The van der Waals surface area contributed by atoms with Crippen LogP contribution in [0.4, 0.5) is 11.5 Å². The van der Waals surface area contributed by atoms with Crippen LogP contribution >= 0.6 is 0 Å². The third-order valence-electron chi connectivity index (χ3n) is 8.59. The van der Waals surface area contributed by atoms with Crippen molar-refractivity contribution in [1.82, 2.24) is 20.2 Å². The lowest BCUT2D eigenvalue weighted by atomic mass is 9.98. The predicted octanol–water partition coefficient (Wildman–Crippen LogP) is 1.86. The molecule has 3 saturated heterocycles. The first kappa shape index (κ1) is 21.2. The van der Waals surface area contributed by atoms with E-state index in [0.29, 0.717) is 34.8 Å². The highest BCUT2D eigenvalue weighted by atomic mass is 15.3. The van der Waals surface area contributed by atoms with E-state index >= 15 is 0 Å². The normalized spacial score (nSPS) is 27.7. The summed E-state index contributed by atoms with van der Waals surface area (Å²) in [5, 5.41) is 14.1. The number of pyridine rings is 2. The van der Waals surface area contributed by atoms with E-state index in [-0.39, 0.29) is 0 Å². The van der Waals surface area contributed by atoms with Crippen molar-refractivity contribution in [3.8, 4) is 6.07 Å². The molecule has 3 fully saturated rings. The van der Waals surface area contributed by atoms with Gasteiger partial charge in [0.25, 0.3) is 0 Å². The number of nitriles is 1. The Kier molecular flexibility index (Phi) is 4.80. The quantitative estimate of drug-likeness (QED) is 0.585. The number of rotatable bonds is 2. The summed E-state index contributed by atoms with van der Waals surface area (Å²) in [5.74, 6) is 1.91. The summed E-state index contributed by atoms with van der Waals surface area (Å²) >= 11 is 0. The van der Waals surface area contributed by atoms with Crippen molar-refractivity contribution >= 4 is 35.8 Å². The molecular weight excluding hydrogens is 433 g/mol. The molecule has 0 bridgehead atoms. The highest BCUT2D eigenvalue weighted by Gasteiger charge is 2.42. The number of hydrogen-bond acceptors (Lipinski definition) is 7. The summed E-state index contributed by atoms with van der Waals surface area (Å²) < 4.78 is 0. The molecule has 7 rings (SSSR count). The molecule has 4 atom stereocenters. The van der Waals surface area contributed by atoms with Crippen LogP contribution in [0, 0.1) is 17.2 Å². The largest absolute Gasteiger partial charge is 0.368 e. The van der Waals surface area contributed by atoms with E-state index in [2.05, 4.69) is 56.2 Å². The molecule has 0 aliphatic carbocycles. The van der Waals surface area contributed by atoms with Gasteiger partial charge in [-0.1, -0.05) is 12.1 Å². The van der Waals surface area contributed by atoms with Crippen LogP contribution in [0.2, 0.25) is 0 Å². The Morgan fingerprint density at radius 3 is 2.89 bits per heavy atom. The Hall–Kier alpha value is -3.15. The zero-order chi connectivity index (χ0) is 23.7. The van der Waals surface area contributed by atoms with Crippen LogP contribution in [-0.2, 0) is 6.54 Å². The zero-order valence-corrected chi connectivity index (χ0v) is 20.0. The van der Waals surface area contributed by atoms with Crippen LogP contribution < -0.4 is 20.7 Å². The zero-order valence-electron chi connectivity index (χ0n) is 20.0. The van der Waals surface area contributed by atoms with Gasteiger partial charge in [-0.25, -0.2) is 4.98 Å². The minimum atomic E-state index is 0.308. The van der Waals surface area contributed by atoms with Gasteiger partial charge < -0.3 is 15.1 Å². The summed E-state index contributed by atoms with van der Waals surface area (Å²) in [6.07, 6.45) is 1.26. The molecular formula is C27H28BN7. The summed E-state index contributed by atoms with van der Waals surface area (Å²) in [7, 11) is 5.95. The Morgan fingerprint density at radius 1 is 1.09 bits per heavy atom. The molecule has 35 heavy (non-hydrogen) atoms. The molecule has 1 aromatic carbocycles. The highest BCUT2D eigenvalue weighted by molar-refractivity contribution is 6.31. The van der Waals surface area contributed by atoms with Crippen LogP contribution in [0.5, 0.6) is 0 Å². The third-order valence-corrected chi connectivity index (χ3v) is 8.59. The van der Waals surface area contributed by atoms with Crippen molar-refractivity contribution in [1.29, 1.82) is 5.26 Å². The van der Waals surface area contributed by atoms with Crippen LogP contribution in [0.1, 0.15) is 36.2 Å². The highest BCUT2D eigenvalue weighted by Crippen LogP contribution is 2.42. The molecule has 2 aromatic heterocycles. The minimum absolute atomic E-state index is 0.308. The molecule has 0 unspecified atom stereocenters. The second-order valence-electron chi connectivity index (χ2n) is 10.5. The van der Waals surface area contributed by atoms with Crippen molar-refractivity contribution in [3.63, 3.8) is 0 Å². The van der Waals surface area contributed by atoms with Gasteiger partial charge in [0.05, 0.1) is 22.8 Å². The average molecular weight is 461 g/mol. The van der Waals surface area contributed by atoms with E-state index in [4.69, 9.17) is 12.8 Å². The van der Waals surface area contributed by atoms with Gasteiger partial charge in [0, 0.05) is 62.4 Å². The topological polar surface area (TPSA) is 71.3 Å². The Morgan fingerprint density at radius 2 is 2.00 bits per heavy atom. The van der Waals surface area contributed by atoms with E-state index in [1.54, 1.807) is 0 Å². The number of nitrogens with zero attached hydrogens (tertiary/aromatic N) is 6. The lowest BCUT2D eigenvalue weighted by molar-refractivity contribution is 0.133. The monoisotopic (exact) mass is 461 g/mol. The van der Waals surface area contributed by atoms with Crippen LogP contribution in [0.3, 0.4) is 0 Å². The summed E-state index contributed by atoms with van der Waals surface area (Å²) in [5.41, 5.74) is 5.39. The van der Waals surface area contributed by atoms with E-state index in [1.807, 2.05) is 18.2 Å².